The second-order valence-corrected chi connectivity index (χ2v) is 4.24. The van der Waals surface area contributed by atoms with Gasteiger partial charge in [-0.05, 0) is 33.2 Å². The lowest BCUT2D eigenvalue weighted by molar-refractivity contribution is -0.122. The summed E-state index contributed by atoms with van der Waals surface area (Å²) in [6.45, 7) is 5.01. The van der Waals surface area contributed by atoms with E-state index >= 15 is 0 Å². The molecular weight excluding hydrogens is 178 g/mol. The van der Waals surface area contributed by atoms with Gasteiger partial charge in [0.05, 0.1) is 0 Å². The average Bonchev–Trinajstić information content (AvgIpc) is 2.07. The minimum Gasteiger partial charge on any atom is -0.352 e. The first kappa shape index (κ1) is 11.5. The fourth-order valence-electron chi connectivity index (χ4n) is 1.80. The summed E-state index contributed by atoms with van der Waals surface area (Å²) in [6.07, 6.45) is 2.62. The van der Waals surface area contributed by atoms with Crippen LogP contribution in [0.25, 0.3) is 0 Å². The monoisotopic (exact) mass is 199 g/mol. The van der Waals surface area contributed by atoms with E-state index in [0.29, 0.717) is 12.5 Å². The van der Waals surface area contributed by atoms with Gasteiger partial charge in [-0.2, -0.15) is 0 Å². The Morgan fingerprint density at radius 3 is 3.00 bits per heavy atom. The zero-order valence-electron chi connectivity index (χ0n) is 9.05. The van der Waals surface area contributed by atoms with Gasteiger partial charge in [-0.1, -0.05) is 0 Å². The molecule has 4 N–H and O–H groups in total. The van der Waals surface area contributed by atoms with Crippen LogP contribution in [0, 0.1) is 0 Å². The van der Waals surface area contributed by atoms with E-state index < -0.39 is 0 Å². The molecule has 4 nitrogen and oxygen atoms in total. The molecule has 1 rings (SSSR count). The van der Waals surface area contributed by atoms with E-state index in [1.54, 1.807) is 0 Å². The van der Waals surface area contributed by atoms with Crippen LogP contribution in [0.3, 0.4) is 0 Å². The van der Waals surface area contributed by atoms with Crippen LogP contribution >= 0.6 is 0 Å². The second-order valence-electron chi connectivity index (χ2n) is 4.24. The maximum Gasteiger partial charge on any atom is 0.221 e. The van der Waals surface area contributed by atoms with E-state index in [2.05, 4.69) is 17.6 Å². The van der Waals surface area contributed by atoms with Crippen molar-refractivity contribution >= 4 is 5.91 Å². The van der Waals surface area contributed by atoms with Gasteiger partial charge in [-0.25, -0.2) is 0 Å². The molecule has 3 atom stereocenters. The Balaban J connectivity index is 2.31. The predicted octanol–water partition coefficient (Wildman–Crippen LogP) is -0.0196. The summed E-state index contributed by atoms with van der Waals surface area (Å²) in [5.41, 5.74) is 5.56. The fraction of sp³-hybridized carbons (Fsp3) is 0.900. The maximum absolute atomic E-state index is 11.4. The Kier molecular flexibility index (Phi) is 4.35. The molecule has 14 heavy (non-hydrogen) atoms. The van der Waals surface area contributed by atoms with Crippen LogP contribution in [0.15, 0.2) is 0 Å². The first-order valence-electron chi connectivity index (χ1n) is 5.38. The molecule has 3 unspecified atom stereocenters. The molecule has 1 heterocycles. The Labute approximate surface area is 85.6 Å². The number of piperidine rings is 1. The Hall–Kier alpha value is -0.610. The molecule has 0 bridgehead atoms. The summed E-state index contributed by atoms with van der Waals surface area (Å²) in [6, 6.07) is 0.595. The van der Waals surface area contributed by atoms with Crippen LogP contribution < -0.4 is 16.4 Å². The summed E-state index contributed by atoms with van der Waals surface area (Å²) in [7, 11) is 0. The third-order valence-corrected chi connectivity index (χ3v) is 2.62. The summed E-state index contributed by atoms with van der Waals surface area (Å²) in [5, 5.41) is 6.36. The lowest BCUT2D eigenvalue weighted by Crippen LogP contribution is -2.52. The first-order chi connectivity index (χ1) is 6.59. The molecule has 82 valence electrons. The van der Waals surface area contributed by atoms with E-state index in [-0.39, 0.29) is 18.0 Å². The highest BCUT2D eigenvalue weighted by atomic mass is 16.1. The molecule has 1 aliphatic heterocycles. The Morgan fingerprint density at radius 1 is 1.71 bits per heavy atom. The Bertz CT molecular complexity index is 194. The van der Waals surface area contributed by atoms with Crippen LogP contribution in [-0.2, 0) is 4.79 Å². The molecule has 1 aliphatic rings. The molecule has 0 aliphatic carbocycles. The molecule has 4 heteroatoms. The third kappa shape index (κ3) is 3.64. The second kappa shape index (κ2) is 5.32. The van der Waals surface area contributed by atoms with E-state index in [9.17, 15) is 4.79 Å². The smallest absolute Gasteiger partial charge is 0.221 e. The van der Waals surface area contributed by atoms with Crippen molar-refractivity contribution in [1.82, 2.24) is 10.6 Å². The normalized spacial score (nSPS) is 29.6. The molecule has 1 fully saturated rings. The van der Waals surface area contributed by atoms with Crippen LogP contribution in [-0.4, -0.2) is 30.6 Å². The van der Waals surface area contributed by atoms with Gasteiger partial charge in [0.25, 0.3) is 0 Å². The fourth-order valence-corrected chi connectivity index (χ4v) is 1.80. The quantitative estimate of drug-likeness (QED) is 0.598. The summed E-state index contributed by atoms with van der Waals surface area (Å²) >= 11 is 0. The highest BCUT2D eigenvalue weighted by molar-refractivity contribution is 5.76. The minimum absolute atomic E-state index is 0.0538. The molecule has 0 aromatic carbocycles. The molecule has 0 spiro atoms. The van der Waals surface area contributed by atoms with Crippen molar-refractivity contribution in [3.8, 4) is 0 Å². The molecule has 0 saturated carbocycles. The standard InChI is InChI=1S/C10H21N3O/c1-7(11)6-10(14)13-9-4-3-5-12-8(9)2/h7-9,12H,3-6,11H2,1-2H3,(H,13,14). The highest BCUT2D eigenvalue weighted by Crippen LogP contribution is 2.08. The van der Waals surface area contributed by atoms with Crippen LogP contribution in [0.1, 0.15) is 33.1 Å². The molecule has 1 amide bonds. The number of nitrogens with one attached hydrogen (secondary N) is 2. The zero-order chi connectivity index (χ0) is 10.6. The maximum atomic E-state index is 11.4. The van der Waals surface area contributed by atoms with Gasteiger partial charge in [0.1, 0.15) is 0 Å². The van der Waals surface area contributed by atoms with E-state index in [1.165, 1.54) is 0 Å². The van der Waals surface area contributed by atoms with Crippen molar-refractivity contribution in [2.45, 2.75) is 51.2 Å². The first-order valence-corrected chi connectivity index (χ1v) is 5.38. The minimum atomic E-state index is -0.0538. The molecule has 0 radical (unpaired) electrons. The Morgan fingerprint density at radius 2 is 2.43 bits per heavy atom. The summed E-state index contributed by atoms with van der Waals surface area (Å²) < 4.78 is 0. The number of rotatable bonds is 3. The van der Waals surface area contributed by atoms with E-state index in [4.69, 9.17) is 5.73 Å². The van der Waals surface area contributed by atoms with Crippen molar-refractivity contribution in [2.75, 3.05) is 6.54 Å². The number of carbonyl (C=O) groups is 1. The number of amides is 1. The van der Waals surface area contributed by atoms with Gasteiger partial charge in [0.15, 0.2) is 0 Å². The lowest BCUT2D eigenvalue weighted by Gasteiger charge is -2.30. The van der Waals surface area contributed by atoms with Crippen LogP contribution in [0.2, 0.25) is 0 Å². The van der Waals surface area contributed by atoms with Gasteiger partial charge < -0.3 is 16.4 Å². The molecular formula is C10H21N3O. The predicted molar refractivity (Wildman–Crippen MR) is 56.9 cm³/mol. The molecule has 0 aromatic rings. The third-order valence-electron chi connectivity index (χ3n) is 2.62. The lowest BCUT2D eigenvalue weighted by atomic mass is 9.99. The molecule has 0 aromatic heterocycles. The van der Waals surface area contributed by atoms with Crippen molar-refractivity contribution < 1.29 is 4.79 Å². The van der Waals surface area contributed by atoms with E-state index in [0.717, 1.165) is 19.4 Å². The number of hydrogen-bond acceptors (Lipinski definition) is 3. The summed E-state index contributed by atoms with van der Waals surface area (Å²) in [4.78, 5) is 11.4. The van der Waals surface area contributed by atoms with Gasteiger partial charge in [0, 0.05) is 24.5 Å². The van der Waals surface area contributed by atoms with Crippen molar-refractivity contribution in [3.63, 3.8) is 0 Å². The van der Waals surface area contributed by atoms with Crippen molar-refractivity contribution in [1.29, 1.82) is 0 Å². The molecule has 1 saturated heterocycles. The van der Waals surface area contributed by atoms with Gasteiger partial charge in [0.2, 0.25) is 5.91 Å². The number of nitrogens with two attached hydrogens (primary N) is 1. The topological polar surface area (TPSA) is 67.2 Å². The van der Waals surface area contributed by atoms with Gasteiger partial charge >= 0.3 is 0 Å². The largest absolute Gasteiger partial charge is 0.352 e. The van der Waals surface area contributed by atoms with E-state index in [1.807, 2.05) is 6.92 Å². The van der Waals surface area contributed by atoms with Crippen molar-refractivity contribution in [2.24, 2.45) is 5.73 Å². The van der Waals surface area contributed by atoms with Crippen LogP contribution in [0.5, 0.6) is 0 Å². The summed E-state index contributed by atoms with van der Waals surface area (Å²) in [5.74, 6) is 0.0700. The van der Waals surface area contributed by atoms with Crippen LogP contribution in [0.4, 0.5) is 0 Å². The highest BCUT2D eigenvalue weighted by Gasteiger charge is 2.22. The average molecular weight is 199 g/mol. The number of carbonyl (C=O) groups excluding carboxylic acids is 1. The van der Waals surface area contributed by atoms with Gasteiger partial charge in [-0.3, -0.25) is 4.79 Å². The number of hydrogen-bond donors (Lipinski definition) is 3. The SMILES string of the molecule is CC(N)CC(=O)NC1CCCNC1C. The zero-order valence-corrected chi connectivity index (χ0v) is 9.05. The van der Waals surface area contributed by atoms with Crippen molar-refractivity contribution in [3.05, 3.63) is 0 Å². The van der Waals surface area contributed by atoms with Gasteiger partial charge in [-0.15, -0.1) is 0 Å².